The summed E-state index contributed by atoms with van der Waals surface area (Å²) >= 11 is 0. The molecule has 0 bridgehead atoms. The van der Waals surface area contributed by atoms with Crippen molar-refractivity contribution in [2.45, 2.75) is 47.1 Å². The van der Waals surface area contributed by atoms with Crippen LogP contribution in [-0.2, 0) is 0 Å². The number of anilines is 1. The maximum Gasteiger partial charge on any atom is 0.0711 e. The lowest BCUT2D eigenvalue weighted by Crippen LogP contribution is -2.38. The zero-order valence-corrected chi connectivity index (χ0v) is 14.2. The molecular weight excluding hydrogens is 260 g/mol. The average molecular weight is 290 g/mol. The van der Waals surface area contributed by atoms with E-state index >= 15 is 0 Å². The Hall–Kier alpha value is -1.06. The monoisotopic (exact) mass is 290 g/mol. The zero-order chi connectivity index (χ0) is 15.6. The number of rotatable bonds is 5. The summed E-state index contributed by atoms with van der Waals surface area (Å²) < 4.78 is 0. The fourth-order valence-corrected chi connectivity index (χ4v) is 3.64. The Morgan fingerprint density at radius 1 is 1.10 bits per heavy atom. The number of aliphatic hydroxyl groups is 1. The van der Waals surface area contributed by atoms with Crippen LogP contribution in [0, 0.1) is 26.7 Å². The second kappa shape index (κ2) is 6.80. The van der Waals surface area contributed by atoms with Gasteiger partial charge in [-0.25, -0.2) is 0 Å². The number of aliphatic hydroxyl groups excluding tert-OH is 1. The van der Waals surface area contributed by atoms with Crippen LogP contribution in [0.15, 0.2) is 12.1 Å². The quantitative estimate of drug-likeness (QED) is 0.902. The number of nitrogens with zero attached hydrogens (tertiary/aromatic N) is 2. The fraction of sp³-hybridized carbons (Fsp3) is 0.667. The lowest BCUT2D eigenvalue weighted by Gasteiger charge is -2.29. The van der Waals surface area contributed by atoms with Crippen LogP contribution in [0.4, 0.5) is 5.69 Å². The van der Waals surface area contributed by atoms with Crippen LogP contribution < -0.4 is 4.90 Å². The molecule has 0 saturated carbocycles. The van der Waals surface area contributed by atoms with Crippen LogP contribution in [0.3, 0.4) is 0 Å². The summed E-state index contributed by atoms with van der Waals surface area (Å²) in [5, 5.41) is 9.68. The van der Waals surface area contributed by atoms with Gasteiger partial charge in [-0.05, 0) is 44.2 Å². The molecule has 1 aromatic carbocycles. The predicted octanol–water partition coefficient (Wildman–Crippen LogP) is 3.10. The first-order valence-corrected chi connectivity index (χ1v) is 8.10. The van der Waals surface area contributed by atoms with E-state index in [0.29, 0.717) is 12.0 Å². The molecule has 1 atom stereocenters. The Morgan fingerprint density at radius 2 is 1.71 bits per heavy atom. The molecule has 1 aliphatic rings. The molecule has 0 amide bonds. The average Bonchev–Trinajstić information content (AvgIpc) is 2.83. The van der Waals surface area contributed by atoms with Gasteiger partial charge in [-0.3, -0.25) is 4.90 Å². The van der Waals surface area contributed by atoms with Crippen molar-refractivity contribution in [2.75, 3.05) is 31.3 Å². The molecule has 1 aromatic rings. The highest BCUT2D eigenvalue weighted by atomic mass is 16.3. The van der Waals surface area contributed by atoms with Gasteiger partial charge in [0.25, 0.3) is 0 Å². The smallest absolute Gasteiger partial charge is 0.0711 e. The maximum atomic E-state index is 9.68. The summed E-state index contributed by atoms with van der Waals surface area (Å²) in [6, 6.07) is 4.83. The van der Waals surface area contributed by atoms with Crippen molar-refractivity contribution < 1.29 is 5.11 Å². The molecule has 1 saturated heterocycles. The molecule has 0 spiro atoms. The zero-order valence-electron chi connectivity index (χ0n) is 14.2. The van der Waals surface area contributed by atoms with Gasteiger partial charge in [0.2, 0.25) is 0 Å². The first-order valence-electron chi connectivity index (χ1n) is 8.10. The van der Waals surface area contributed by atoms with Crippen molar-refractivity contribution in [3.63, 3.8) is 0 Å². The third-order valence-corrected chi connectivity index (χ3v) is 4.43. The molecule has 0 unspecified atom stereocenters. The van der Waals surface area contributed by atoms with Crippen LogP contribution in [-0.4, -0.2) is 42.4 Å². The summed E-state index contributed by atoms with van der Waals surface area (Å²) in [6.07, 6.45) is 1.07. The van der Waals surface area contributed by atoms with Crippen molar-refractivity contribution in [3.8, 4) is 0 Å². The number of hydrogen-bond donors (Lipinski definition) is 1. The molecule has 0 aromatic heterocycles. The predicted molar refractivity (Wildman–Crippen MR) is 89.9 cm³/mol. The highest BCUT2D eigenvalue weighted by Crippen LogP contribution is 2.29. The van der Waals surface area contributed by atoms with Gasteiger partial charge in [0.1, 0.15) is 0 Å². The van der Waals surface area contributed by atoms with Crippen molar-refractivity contribution in [3.05, 3.63) is 28.8 Å². The van der Waals surface area contributed by atoms with Gasteiger partial charge >= 0.3 is 0 Å². The van der Waals surface area contributed by atoms with Gasteiger partial charge < -0.3 is 10.0 Å². The number of aryl methyl sites for hydroxylation is 3. The van der Waals surface area contributed by atoms with E-state index < -0.39 is 0 Å². The van der Waals surface area contributed by atoms with Crippen molar-refractivity contribution in [2.24, 2.45) is 5.92 Å². The summed E-state index contributed by atoms with van der Waals surface area (Å²) in [5.41, 5.74) is 5.43. The third kappa shape index (κ3) is 3.78. The molecule has 1 aliphatic heterocycles. The van der Waals surface area contributed by atoms with Gasteiger partial charge in [0.05, 0.1) is 13.3 Å². The Balaban J connectivity index is 2.12. The molecular formula is C18H30N2O. The number of hydrogen-bond acceptors (Lipinski definition) is 3. The molecule has 3 heteroatoms. The van der Waals surface area contributed by atoms with Crippen LogP contribution >= 0.6 is 0 Å². The van der Waals surface area contributed by atoms with E-state index in [4.69, 9.17) is 0 Å². The highest BCUT2D eigenvalue weighted by Gasteiger charge is 2.28. The first-order chi connectivity index (χ1) is 9.92. The van der Waals surface area contributed by atoms with E-state index in [1.807, 2.05) is 0 Å². The van der Waals surface area contributed by atoms with Crippen LogP contribution in [0.25, 0.3) is 0 Å². The van der Waals surface area contributed by atoms with Crippen molar-refractivity contribution in [1.82, 2.24) is 4.90 Å². The molecule has 1 heterocycles. The highest BCUT2D eigenvalue weighted by molar-refractivity contribution is 5.60. The lowest BCUT2D eigenvalue weighted by molar-refractivity contribution is 0.129. The summed E-state index contributed by atoms with van der Waals surface area (Å²) in [4.78, 5) is 4.89. The Labute approximate surface area is 129 Å². The van der Waals surface area contributed by atoms with Gasteiger partial charge in [0.15, 0.2) is 0 Å². The largest absolute Gasteiger partial charge is 0.395 e. The third-order valence-electron chi connectivity index (χ3n) is 4.43. The van der Waals surface area contributed by atoms with Crippen molar-refractivity contribution in [1.29, 1.82) is 0 Å². The lowest BCUT2D eigenvalue weighted by atomic mass is 10.0. The Kier molecular flexibility index (Phi) is 5.28. The standard InChI is InChI=1S/C18H30N2O/c1-13(2)8-17(11-21)19-6-7-20(12-19)18-15(4)9-14(3)10-16(18)5/h9-10,13,17,21H,6-8,11-12H2,1-5H3/t17-/m0/s1. The molecule has 1 N–H and O–H groups in total. The fourth-order valence-electron chi connectivity index (χ4n) is 3.64. The normalized spacial score (nSPS) is 17.8. The summed E-state index contributed by atoms with van der Waals surface area (Å²) in [6.45, 7) is 14.3. The Bertz CT molecular complexity index is 461. The van der Waals surface area contributed by atoms with Crippen LogP contribution in [0.2, 0.25) is 0 Å². The van der Waals surface area contributed by atoms with E-state index in [2.05, 4.69) is 56.6 Å². The van der Waals surface area contributed by atoms with E-state index in [1.54, 1.807) is 0 Å². The summed E-state index contributed by atoms with van der Waals surface area (Å²) in [5.74, 6) is 0.624. The maximum absolute atomic E-state index is 9.68. The first kappa shape index (κ1) is 16.3. The minimum absolute atomic E-state index is 0.262. The SMILES string of the molecule is Cc1cc(C)c(N2CCN([C@H](CO)CC(C)C)C2)c(C)c1. The molecule has 0 aliphatic carbocycles. The molecule has 118 valence electrons. The molecule has 21 heavy (non-hydrogen) atoms. The van der Waals surface area contributed by atoms with E-state index in [1.165, 1.54) is 22.4 Å². The van der Waals surface area contributed by atoms with Crippen molar-refractivity contribution >= 4 is 5.69 Å². The second-order valence-corrected chi connectivity index (χ2v) is 6.93. The van der Waals surface area contributed by atoms with Gasteiger partial charge in [-0.2, -0.15) is 0 Å². The van der Waals surface area contributed by atoms with E-state index in [0.717, 1.165) is 26.2 Å². The van der Waals surface area contributed by atoms with Gasteiger partial charge in [-0.1, -0.05) is 31.5 Å². The van der Waals surface area contributed by atoms with Crippen LogP contribution in [0.1, 0.15) is 37.0 Å². The van der Waals surface area contributed by atoms with E-state index in [9.17, 15) is 5.11 Å². The topological polar surface area (TPSA) is 26.7 Å². The Morgan fingerprint density at radius 3 is 2.24 bits per heavy atom. The van der Waals surface area contributed by atoms with E-state index in [-0.39, 0.29) is 6.61 Å². The van der Waals surface area contributed by atoms with Gasteiger partial charge in [0, 0.05) is 24.8 Å². The molecule has 3 nitrogen and oxygen atoms in total. The van der Waals surface area contributed by atoms with Crippen LogP contribution in [0.5, 0.6) is 0 Å². The second-order valence-electron chi connectivity index (χ2n) is 6.93. The summed E-state index contributed by atoms with van der Waals surface area (Å²) in [7, 11) is 0. The molecule has 0 radical (unpaired) electrons. The molecule has 1 fully saturated rings. The van der Waals surface area contributed by atoms with Gasteiger partial charge in [-0.15, -0.1) is 0 Å². The minimum atomic E-state index is 0.262. The number of benzene rings is 1. The molecule has 2 rings (SSSR count). The minimum Gasteiger partial charge on any atom is -0.395 e.